The van der Waals surface area contributed by atoms with Gasteiger partial charge in [0.15, 0.2) is 5.13 Å². The van der Waals surface area contributed by atoms with Gasteiger partial charge in [-0.05, 0) is 55.0 Å². The maximum Gasteiger partial charge on any atom is 0.416 e. The number of anilines is 1. The summed E-state index contributed by atoms with van der Waals surface area (Å²) in [5.74, 6) is 0. The van der Waals surface area contributed by atoms with Gasteiger partial charge in [-0.25, -0.2) is 0 Å². The Morgan fingerprint density at radius 2 is 1.51 bits per heavy atom. The topological polar surface area (TPSA) is 79.6 Å². The summed E-state index contributed by atoms with van der Waals surface area (Å²) in [7, 11) is 0. The van der Waals surface area contributed by atoms with E-state index in [4.69, 9.17) is 0 Å². The molecular weight excluding hydrogens is 619 g/mol. The number of fused-ring (bicyclic) bond motifs is 1. The Morgan fingerprint density at radius 1 is 0.884 bits per heavy atom. The molecule has 3 heterocycles. The van der Waals surface area contributed by atoms with Crippen molar-refractivity contribution in [3.05, 3.63) is 73.1 Å². The van der Waals surface area contributed by atoms with Crippen molar-refractivity contribution in [3.8, 4) is 0 Å². The van der Waals surface area contributed by atoms with Gasteiger partial charge >= 0.3 is 18.5 Å². The molecule has 0 atom stereocenters. The number of likely N-dealkylation sites (tertiary alicyclic amines) is 1. The molecule has 0 amide bonds. The molecule has 2 aliphatic rings. The van der Waals surface area contributed by atoms with Gasteiger partial charge < -0.3 is 4.90 Å². The first-order valence-electron chi connectivity index (χ1n) is 12.8. The van der Waals surface area contributed by atoms with Crippen molar-refractivity contribution in [2.75, 3.05) is 31.1 Å². The Balaban J connectivity index is 1.32. The molecule has 0 bridgehead atoms. The van der Waals surface area contributed by atoms with Crippen LogP contribution in [0, 0.1) is 15.5 Å². The summed E-state index contributed by atoms with van der Waals surface area (Å²) in [5, 5.41) is 11.1. The van der Waals surface area contributed by atoms with Gasteiger partial charge in [-0.15, -0.1) is 0 Å². The number of hydrogen-bond acceptors (Lipinski definition) is 7. The third-order valence-electron chi connectivity index (χ3n) is 7.96. The van der Waals surface area contributed by atoms with Gasteiger partial charge in [0.25, 0.3) is 11.2 Å². The summed E-state index contributed by atoms with van der Waals surface area (Å²) >= 11 is 0.731. The molecule has 2 fully saturated rings. The van der Waals surface area contributed by atoms with Crippen LogP contribution >= 0.6 is 11.3 Å². The van der Waals surface area contributed by atoms with Crippen LogP contribution in [0.15, 0.2) is 35.1 Å². The minimum atomic E-state index is -4.98. The zero-order valence-electron chi connectivity index (χ0n) is 21.9. The van der Waals surface area contributed by atoms with Crippen molar-refractivity contribution in [1.82, 2.24) is 9.88 Å². The Hall–Kier alpha value is -3.47. The molecular formula is C26H21F9N4O3S. The smallest absolute Gasteiger partial charge is 0.348 e. The lowest BCUT2D eigenvalue weighted by Gasteiger charge is -2.39. The van der Waals surface area contributed by atoms with Crippen molar-refractivity contribution in [2.24, 2.45) is 5.41 Å². The van der Waals surface area contributed by atoms with Crippen LogP contribution in [0.3, 0.4) is 0 Å². The van der Waals surface area contributed by atoms with Crippen LogP contribution in [-0.2, 0) is 25.1 Å². The largest absolute Gasteiger partial charge is 0.416 e. The summed E-state index contributed by atoms with van der Waals surface area (Å²) in [5.41, 5.74) is -6.56. The van der Waals surface area contributed by atoms with E-state index in [0.717, 1.165) is 17.4 Å². The zero-order valence-corrected chi connectivity index (χ0v) is 22.7. The molecule has 7 nitrogen and oxygen atoms in total. The fraction of sp³-hybridized carbons (Fsp3) is 0.462. The third kappa shape index (κ3) is 6.27. The molecule has 0 unspecified atom stereocenters. The van der Waals surface area contributed by atoms with Crippen molar-refractivity contribution in [2.45, 2.75) is 44.3 Å². The SMILES string of the molecule is O=c1nc(N2CCC3(CCN(Cc4ccc(C(F)(F)F)cc4C(F)(F)F)C3)CC2)sc2c([N+](=O)[O-])cc(C(F)(F)F)cc12. The molecule has 2 saturated heterocycles. The number of non-ortho nitro benzene ring substituents is 1. The van der Waals surface area contributed by atoms with Crippen molar-refractivity contribution in [1.29, 1.82) is 0 Å². The number of alkyl halides is 9. The normalized spacial score (nSPS) is 18.1. The van der Waals surface area contributed by atoms with Crippen molar-refractivity contribution < 1.29 is 44.4 Å². The minimum Gasteiger partial charge on any atom is -0.348 e. The first-order chi connectivity index (χ1) is 19.9. The van der Waals surface area contributed by atoms with Crippen LogP contribution in [-0.4, -0.2) is 41.0 Å². The summed E-state index contributed by atoms with van der Waals surface area (Å²) in [6.07, 6.45) is -13.2. The van der Waals surface area contributed by atoms with Crippen molar-refractivity contribution in [3.63, 3.8) is 0 Å². The van der Waals surface area contributed by atoms with Gasteiger partial charge in [0.2, 0.25) is 0 Å². The number of benzene rings is 2. The Labute approximate surface area is 240 Å². The highest BCUT2D eigenvalue weighted by molar-refractivity contribution is 7.22. The van der Waals surface area contributed by atoms with Crippen LogP contribution in [0.25, 0.3) is 10.1 Å². The number of aromatic nitrogens is 1. The summed E-state index contributed by atoms with van der Waals surface area (Å²) in [6, 6.07) is 2.52. The van der Waals surface area contributed by atoms with Crippen LogP contribution in [0.1, 0.15) is 41.5 Å². The first kappa shape index (κ1) is 31.0. The highest BCUT2D eigenvalue weighted by atomic mass is 32.1. The Morgan fingerprint density at radius 3 is 2.09 bits per heavy atom. The number of nitrogens with zero attached hydrogens (tertiary/aromatic N) is 4. The number of nitro benzene ring substituents is 1. The lowest BCUT2D eigenvalue weighted by atomic mass is 9.78. The van der Waals surface area contributed by atoms with E-state index in [2.05, 4.69) is 4.98 Å². The fourth-order valence-corrected chi connectivity index (χ4v) is 6.83. The minimum absolute atomic E-state index is 0.102. The molecule has 5 rings (SSSR count). The average molecular weight is 641 g/mol. The maximum atomic E-state index is 13.6. The van der Waals surface area contributed by atoms with Gasteiger partial charge in [-0.2, -0.15) is 44.5 Å². The predicted molar refractivity (Wildman–Crippen MR) is 138 cm³/mol. The lowest BCUT2D eigenvalue weighted by Crippen LogP contribution is -2.42. The van der Waals surface area contributed by atoms with Gasteiger partial charge in [-0.1, -0.05) is 17.4 Å². The van der Waals surface area contributed by atoms with E-state index in [1.54, 1.807) is 9.80 Å². The lowest BCUT2D eigenvalue weighted by molar-refractivity contribution is -0.383. The number of halogens is 9. The standard InChI is InChI=1S/C26H21F9N4O3S/c27-24(28,29)15-2-1-14(18(10-15)26(33,34)35)12-37-6-3-23(13-37)4-7-38(8-5-23)22-36-21(40)17-9-16(25(30,31)32)11-19(39(41)42)20(17)43-22/h1-2,9-11H,3-8,12-13H2. The summed E-state index contributed by atoms with van der Waals surface area (Å²) < 4.78 is 119. The van der Waals surface area contributed by atoms with Gasteiger partial charge in [0.1, 0.15) is 4.70 Å². The van der Waals surface area contributed by atoms with E-state index < -0.39 is 56.8 Å². The molecule has 2 aliphatic heterocycles. The monoisotopic (exact) mass is 640 g/mol. The van der Waals surface area contributed by atoms with Gasteiger partial charge in [-0.3, -0.25) is 19.8 Å². The highest BCUT2D eigenvalue weighted by Crippen LogP contribution is 2.44. The zero-order chi connectivity index (χ0) is 31.5. The van der Waals surface area contributed by atoms with E-state index in [9.17, 15) is 54.4 Å². The molecule has 17 heteroatoms. The Bertz CT molecular complexity index is 1630. The number of rotatable bonds is 4. The number of hydrogen-bond donors (Lipinski definition) is 0. The van der Waals surface area contributed by atoms with Crippen LogP contribution in [0.4, 0.5) is 50.3 Å². The molecule has 3 aromatic rings. The molecule has 0 aliphatic carbocycles. The number of piperidine rings is 1. The average Bonchev–Trinajstić information content (AvgIpc) is 3.28. The van der Waals surface area contributed by atoms with Crippen LogP contribution in [0.2, 0.25) is 0 Å². The second-order valence-corrected chi connectivity index (χ2v) is 11.7. The summed E-state index contributed by atoms with van der Waals surface area (Å²) in [4.78, 5) is 30.6. The molecule has 0 saturated carbocycles. The van der Waals surface area contributed by atoms with E-state index in [1.807, 2.05) is 0 Å². The molecule has 1 spiro atoms. The molecule has 2 aromatic carbocycles. The third-order valence-corrected chi connectivity index (χ3v) is 9.13. The van der Waals surface area contributed by atoms with E-state index in [0.29, 0.717) is 63.6 Å². The van der Waals surface area contributed by atoms with Crippen LogP contribution < -0.4 is 10.5 Å². The summed E-state index contributed by atoms with van der Waals surface area (Å²) in [6.45, 7) is 1.24. The quantitative estimate of drug-likeness (QED) is 0.172. The number of nitro groups is 1. The fourth-order valence-electron chi connectivity index (χ4n) is 5.71. The molecule has 0 N–H and O–H groups in total. The van der Waals surface area contributed by atoms with Crippen LogP contribution in [0.5, 0.6) is 0 Å². The first-order valence-corrected chi connectivity index (χ1v) is 13.6. The molecule has 232 valence electrons. The van der Waals surface area contributed by atoms with Gasteiger partial charge in [0, 0.05) is 32.2 Å². The second kappa shape index (κ2) is 10.6. The highest BCUT2D eigenvalue weighted by Gasteiger charge is 2.43. The maximum absolute atomic E-state index is 13.6. The van der Waals surface area contributed by atoms with Gasteiger partial charge in [0.05, 0.1) is 27.0 Å². The van der Waals surface area contributed by atoms with Crippen molar-refractivity contribution >= 4 is 32.2 Å². The van der Waals surface area contributed by atoms with E-state index in [1.165, 1.54) is 0 Å². The predicted octanol–water partition coefficient (Wildman–Crippen LogP) is 7.11. The molecule has 1 aromatic heterocycles. The van der Waals surface area contributed by atoms with E-state index >= 15 is 0 Å². The molecule has 43 heavy (non-hydrogen) atoms. The molecule has 0 radical (unpaired) electrons. The second-order valence-electron chi connectivity index (χ2n) is 10.7. The van der Waals surface area contributed by atoms with E-state index in [-0.39, 0.29) is 33.4 Å². The Kier molecular flexibility index (Phi) is 7.64.